The van der Waals surface area contributed by atoms with Gasteiger partial charge in [0.1, 0.15) is 0 Å². The summed E-state index contributed by atoms with van der Waals surface area (Å²) in [5.74, 6) is -1.61. The Hall–Kier alpha value is -1.84. The molecule has 4 nitrogen and oxygen atoms in total. The average molecular weight is 247 g/mol. The van der Waals surface area contributed by atoms with E-state index in [0.29, 0.717) is 6.54 Å². The van der Waals surface area contributed by atoms with Crippen molar-refractivity contribution in [2.45, 2.75) is 26.3 Å². The molecule has 1 amide bonds. The lowest BCUT2D eigenvalue weighted by Gasteiger charge is -2.26. The van der Waals surface area contributed by atoms with E-state index in [0.717, 1.165) is 11.1 Å². The van der Waals surface area contributed by atoms with Crippen LogP contribution in [0.4, 0.5) is 0 Å². The highest BCUT2D eigenvalue weighted by Crippen LogP contribution is 2.38. The highest BCUT2D eigenvalue weighted by molar-refractivity contribution is 5.87. The number of carbonyl (C=O) groups excluding carboxylic acids is 1. The first-order valence-electron chi connectivity index (χ1n) is 6.13. The summed E-state index contributed by atoms with van der Waals surface area (Å²) >= 11 is 0. The van der Waals surface area contributed by atoms with Gasteiger partial charge in [-0.05, 0) is 19.4 Å². The summed E-state index contributed by atoms with van der Waals surface area (Å²) in [6.07, 6.45) is 0.0989. The maximum atomic E-state index is 11.8. The molecule has 1 fully saturated rings. The molecular formula is C14H17NO3. The fourth-order valence-electron chi connectivity index (χ4n) is 2.56. The molecule has 4 heteroatoms. The molecule has 1 heterocycles. The Morgan fingerprint density at radius 1 is 1.39 bits per heavy atom. The lowest BCUT2D eigenvalue weighted by Crippen LogP contribution is -2.30. The third-order valence-electron chi connectivity index (χ3n) is 3.51. The predicted molar refractivity (Wildman–Crippen MR) is 67.0 cm³/mol. The Morgan fingerprint density at radius 3 is 2.50 bits per heavy atom. The zero-order valence-corrected chi connectivity index (χ0v) is 10.6. The van der Waals surface area contributed by atoms with Crippen molar-refractivity contribution in [3.05, 3.63) is 35.4 Å². The number of amides is 1. The maximum absolute atomic E-state index is 11.8. The minimum absolute atomic E-state index is 0.0736. The fourth-order valence-corrected chi connectivity index (χ4v) is 2.56. The molecule has 0 saturated carbocycles. The number of carboxylic acids is 1. The van der Waals surface area contributed by atoms with Crippen LogP contribution in [0.1, 0.15) is 30.5 Å². The van der Waals surface area contributed by atoms with Gasteiger partial charge in [-0.2, -0.15) is 0 Å². The lowest BCUT2D eigenvalue weighted by atomic mass is 9.93. The molecule has 1 aliphatic heterocycles. The van der Waals surface area contributed by atoms with Crippen molar-refractivity contribution in [3.8, 4) is 0 Å². The van der Waals surface area contributed by atoms with Crippen LogP contribution in [-0.2, 0) is 9.59 Å². The van der Waals surface area contributed by atoms with Gasteiger partial charge in [-0.1, -0.05) is 29.8 Å². The highest BCUT2D eigenvalue weighted by Gasteiger charge is 2.43. The lowest BCUT2D eigenvalue weighted by molar-refractivity contribution is -0.142. The molecule has 0 radical (unpaired) electrons. The molecule has 96 valence electrons. The van der Waals surface area contributed by atoms with Gasteiger partial charge in [0.2, 0.25) is 5.91 Å². The minimum Gasteiger partial charge on any atom is -0.481 e. The molecule has 0 aromatic heterocycles. The molecule has 0 aliphatic carbocycles. The SMILES string of the molecule is CCN1C(=O)C[C@@H](C(=O)O)[C@H]1c1ccc(C)cc1. The number of benzene rings is 1. The van der Waals surface area contributed by atoms with Crippen LogP contribution in [0.25, 0.3) is 0 Å². The zero-order chi connectivity index (χ0) is 13.3. The molecule has 0 unspecified atom stereocenters. The van der Waals surface area contributed by atoms with E-state index in [1.54, 1.807) is 4.90 Å². The molecule has 1 N–H and O–H groups in total. The van der Waals surface area contributed by atoms with E-state index >= 15 is 0 Å². The van der Waals surface area contributed by atoms with Crippen molar-refractivity contribution in [1.29, 1.82) is 0 Å². The number of hydrogen-bond acceptors (Lipinski definition) is 2. The minimum atomic E-state index is -0.898. The first-order chi connectivity index (χ1) is 8.54. The van der Waals surface area contributed by atoms with Gasteiger partial charge < -0.3 is 10.0 Å². The highest BCUT2D eigenvalue weighted by atomic mass is 16.4. The topological polar surface area (TPSA) is 57.6 Å². The third-order valence-corrected chi connectivity index (χ3v) is 3.51. The van der Waals surface area contributed by atoms with Crippen molar-refractivity contribution in [2.75, 3.05) is 6.54 Å². The normalized spacial score (nSPS) is 23.4. The maximum Gasteiger partial charge on any atom is 0.309 e. The van der Waals surface area contributed by atoms with E-state index in [-0.39, 0.29) is 18.4 Å². The molecule has 18 heavy (non-hydrogen) atoms. The van der Waals surface area contributed by atoms with Gasteiger partial charge in [-0.3, -0.25) is 9.59 Å². The van der Waals surface area contributed by atoms with Crippen LogP contribution < -0.4 is 0 Å². The van der Waals surface area contributed by atoms with Crippen LogP contribution in [0.3, 0.4) is 0 Å². The van der Waals surface area contributed by atoms with Gasteiger partial charge in [-0.25, -0.2) is 0 Å². The van der Waals surface area contributed by atoms with Crippen LogP contribution in [-0.4, -0.2) is 28.4 Å². The van der Waals surface area contributed by atoms with Crippen LogP contribution in [0.5, 0.6) is 0 Å². The largest absolute Gasteiger partial charge is 0.481 e. The number of carboxylic acid groups (broad SMARTS) is 1. The van der Waals surface area contributed by atoms with Gasteiger partial charge in [-0.15, -0.1) is 0 Å². The van der Waals surface area contributed by atoms with E-state index < -0.39 is 11.9 Å². The van der Waals surface area contributed by atoms with E-state index in [9.17, 15) is 14.7 Å². The average Bonchev–Trinajstić information content (AvgIpc) is 2.67. The molecule has 0 spiro atoms. The summed E-state index contributed by atoms with van der Waals surface area (Å²) < 4.78 is 0. The molecule has 0 bridgehead atoms. The van der Waals surface area contributed by atoms with Gasteiger partial charge in [0.05, 0.1) is 12.0 Å². The summed E-state index contributed by atoms with van der Waals surface area (Å²) in [6.45, 7) is 4.40. The van der Waals surface area contributed by atoms with Gasteiger partial charge in [0.25, 0.3) is 0 Å². The van der Waals surface area contributed by atoms with Gasteiger partial charge in [0, 0.05) is 13.0 Å². The second-order valence-electron chi connectivity index (χ2n) is 4.68. The van der Waals surface area contributed by atoms with Gasteiger partial charge in [0.15, 0.2) is 0 Å². The second-order valence-corrected chi connectivity index (χ2v) is 4.68. The standard InChI is InChI=1S/C14H17NO3/c1-3-15-12(16)8-11(14(17)18)13(15)10-6-4-9(2)5-7-10/h4-7,11,13H,3,8H2,1-2H3,(H,17,18)/t11-,13-/m1/s1. The number of carbonyl (C=O) groups is 2. The van der Waals surface area contributed by atoms with Crippen molar-refractivity contribution >= 4 is 11.9 Å². The smallest absolute Gasteiger partial charge is 0.309 e. The molecule has 2 atom stereocenters. The zero-order valence-electron chi connectivity index (χ0n) is 10.6. The Bertz CT molecular complexity index is 466. The third kappa shape index (κ3) is 2.10. The van der Waals surface area contributed by atoms with E-state index in [1.807, 2.05) is 38.1 Å². The van der Waals surface area contributed by atoms with Crippen LogP contribution in [0.15, 0.2) is 24.3 Å². The summed E-state index contributed by atoms with van der Waals surface area (Å²) in [6, 6.07) is 7.39. The molecule has 1 aromatic rings. The monoisotopic (exact) mass is 247 g/mol. The Kier molecular flexibility index (Phi) is 3.36. The summed E-state index contributed by atoms with van der Waals surface area (Å²) in [7, 11) is 0. The first kappa shape index (κ1) is 12.6. The van der Waals surface area contributed by atoms with E-state index in [2.05, 4.69) is 0 Å². The number of rotatable bonds is 3. The number of likely N-dealkylation sites (tertiary alicyclic amines) is 1. The fraction of sp³-hybridized carbons (Fsp3) is 0.429. The quantitative estimate of drug-likeness (QED) is 0.888. The van der Waals surface area contributed by atoms with Crippen LogP contribution in [0.2, 0.25) is 0 Å². The van der Waals surface area contributed by atoms with Crippen molar-refractivity contribution in [2.24, 2.45) is 5.92 Å². The number of nitrogens with zero attached hydrogens (tertiary/aromatic N) is 1. The van der Waals surface area contributed by atoms with Crippen LogP contribution >= 0.6 is 0 Å². The molecule has 1 aromatic carbocycles. The number of aryl methyl sites for hydroxylation is 1. The van der Waals surface area contributed by atoms with Crippen molar-refractivity contribution in [1.82, 2.24) is 4.90 Å². The van der Waals surface area contributed by atoms with E-state index in [1.165, 1.54) is 0 Å². The summed E-state index contributed by atoms with van der Waals surface area (Å²) in [5, 5.41) is 9.25. The van der Waals surface area contributed by atoms with E-state index in [4.69, 9.17) is 0 Å². The molecule has 1 aliphatic rings. The predicted octanol–water partition coefficient (Wildman–Crippen LogP) is 1.99. The Balaban J connectivity index is 2.39. The summed E-state index contributed by atoms with van der Waals surface area (Å²) in [5.41, 5.74) is 2.03. The number of hydrogen-bond donors (Lipinski definition) is 1. The van der Waals surface area contributed by atoms with Crippen molar-refractivity contribution < 1.29 is 14.7 Å². The molecule has 2 rings (SSSR count). The first-order valence-corrected chi connectivity index (χ1v) is 6.13. The Labute approximate surface area is 106 Å². The van der Waals surface area contributed by atoms with Crippen LogP contribution in [0, 0.1) is 12.8 Å². The number of aliphatic carboxylic acids is 1. The molecule has 1 saturated heterocycles. The second kappa shape index (κ2) is 4.80. The van der Waals surface area contributed by atoms with Crippen molar-refractivity contribution in [3.63, 3.8) is 0 Å². The van der Waals surface area contributed by atoms with Gasteiger partial charge >= 0.3 is 5.97 Å². The molecular weight excluding hydrogens is 230 g/mol. The summed E-state index contributed by atoms with van der Waals surface area (Å²) in [4.78, 5) is 24.8. The Morgan fingerprint density at radius 2 is 2.00 bits per heavy atom.